The van der Waals surface area contributed by atoms with Crippen molar-refractivity contribution in [1.82, 2.24) is 9.13 Å². The molecule has 0 spiro atoms. The summed E-state index contributed by atoms with van der Waals surface area (Å²) in [5.41, 5.74) is 10.7. The van der Waals surface area contributed by atoms with E-state index in [1.165, 1.54) is 0 Å². The molecule has 2 atom stereocenters. The molecule has 1 unspecified atom stereocenters. The third-order valence-electron chi connectivity index (χ3n) is 12.4. The van der Waals surface area contributed by atoms with Crippen molar-refractivity contribution in [2.75, 3.05) is 0 Å². The summed E-state index contributed by atoms with van der Waals surface area (Å²) in [5, 5.41) is 29.0. The summed E-state index contributed by atoms with van der Waals surface area (Å²) in [7, 11) is 0. The second-order valence-electron chi connectivity index (χ2n) is 16.3. The Bertz CT molecular complexity index is 2990. The molecule has 11 rings (SSSR count). The molecule has 1 aliphatic rings. The first-order chi connectivity index (χ1) is 29.9. The van der Waals surface area contributed by atoms with Gasteiger partial charge >= 0.3 is 0 Å². The van der Waals surface area contributed by atoms with Crippen LogP contribution in [-0.2, 0) is 0 Å². The second kappa shape index (κ2) is 14.7. The van der Waals surface area contributed by atoms with Crippen LogP contribution in [0.2, 0.25) is 0 Å². The highest BCUT2D eigenvalue weighted by atomic mass is 16.5. The fourth-order valence-corrected chi connectivity index (χ4v) is 9.71. The van der Waals surface area contributed by atoms with E-state index in [-0.39, 0.29) is 23.7 Å². The molecule has 2 N–H and O–H groups in total. The Labute approximate surface area is 354 Å². The molecule has 0 radical (unpaired) electrons. The number of aromatic hydroxyl groups is 2. The predicted molar refractivity (Wildman–Crippen MR) is 248 cm³/mol. The molecule has 0 saturated heterocycles. The van der Waals surface area contributed by atoms with E-state index in [1.54, 1.807) is 0 Å². The van der Waals surface area contributed by atoms with Gasteiger partial charge in [-0.25, -0.2) is 0 Å². The quantitative estimate of drug-likeness (QED) is 0.161. The van der Waals surface area contributed by atoms with Crippen LogP contribution in [0, 0.1) is 13.8 Å². The average molecular weight is 797 g/mol. The lowest BCUT2D eigenvalue weighted by molar-refractivity contribution is 0.0787. The molecule has 8 aromatic carbocycles. The Balaban J connectivity index is 0.939. The fraction of sp³-hybridized carbons (Fsp3) is 0.127. The van der Waals surface area contributed by atoms with E-state index in [2.05, 4.69) is 108 Å². The van der Waals surface area contributed by atoms with Gasteiger partial charge < -0.3 is 28.8 Å². The lowest BCUT2D eigenvalue weighted by Crippen LogP contribution is -2.31. The van der Waals surface area contributed by atoms with Crippen molar-refractivity contribution in [3.8, 4) is 56.6 Å². The van der Waals surface area contributed by atoms with E-state index in [4.69, 9.17) is 9.47 Å². The van der Waals surface area contributed by atoms with Gasteiger partial charge in [0, 0.05) is 43.8 Å². The number of hydrogen-bond acceptors (Lipinski definition) is 4. The monoisotopic (exact) mass is 796 g/mol. The van der Waals surface area contributed by atoms with Crippen LogP contribution in [0.3, 0.4) is 0 Å². The van der Waals surface area contributed by atoms with Gasteiger partial charge in [0.15, 0.2) is 0 Å². The zero-order valence-corrected chi connectivity index (χ0v) is 34.0. The van der Waals surface area contributed by atoms with Crippen molar-refractivity contribution in [2.24, 2.45) is 0 Å². The molecule has 0 amide bonds. The zero-order valence-electron chi connectivity index (χ0n) is 34.0. The molecular formula is C55H44N2O4. The van der Waals surface area contributed by atoms with Crippen LogP contribution >= 0.6 is 0 Å². The van der Waals surface area contributed by atoms with Crippen LogP contribution in [0.25, 0.3) is 77.2 Å². The van der Waals surface area contributed by atoms with Crippen molar-refractivity contribution < 1.29 is 19.7 Å². The number of rotatable bonds is 8. The summed E-state index contributed by atoms with van der Waals surface area (Å²) in [6, 6.07) is 57.5. The standard InChI is InChI=1S/C55H44N2O4/c1-34-30-42(54(58)48(32-34)56-44-22-9-3-16-36(44)37-17-4-10-23-45(37)56)40-20-7-13-26-50(40)60-52-28-15-29-53(52)61-51-27-14-8-21-41(51)43-31-35(2)33-49(55(43)59)57-46-24-11-5-18-38(46)39-19-6-12-25-47(39)57/h3-14,16-27,30-33,52-53,58-59H,15,28-29H2,1-2H3/t52-,53?/m1/s1. The molecule has 10 aromatic rings. The van der Waals surface area contributed by atoms with E-state index in [0.717, 1.165) is 96.5 Å². The van der Waals surface area contributed by atoms with Gasteiger partial charge in [0.2, 0.25) is 0 Å². The number of aromatic nitrogens is 2. The summed E-state index contributed by atoms with van der Waals surface area (Å²) in [6.45, 7) is 4.14. The van der Waals surface area contributed by atoms with Crippen molar-refractivity contribution in [3.05, 3.63) is 181 Å². The van der Waals surface area contributed by atoms with Gasteiger partial charge in [-0.05, 0) is 105 Å². The number of phenols is 2. The maximum Gasteiger partial charge on any atom is 0.147 e. The molecule has 1 saturated carbocycles. The smallest absolute Gasteiger partial charge is 0.147 e. The summed E-state index contributed by atoms with van der Waals surface area (Å²) in [6.07, 6.45) is 2.11. The first kappa shape index (κ1) is 36.6. The van der Waals surface area contributed by atoms with Gasteiger partial charge in [0.25, 0.3) is 0 Å². The Hall–Kier alpha value is -7.44. The SMILES string of the molecule is Cc1cc(-c2ccccc2OC2CCC[C@H]2Oc2ccccc2-c2cc(C)cc(-n3c4ccccc4c4ccccc43)c2O)c(O)c(-n2c3ccccc3c3ccccc32)c1. The van der Waals surface area contributed by atoms with Crippen LogP contribution in [0.4, 0.5) is 0 Å². The first-order valence-corrected chi connectivity index (χ1v) is 21.1. The minimum absolute atomic E-state index is 0.194. The van der Waals surface area contributed by atoms with Crippen LogP contribution in [0.5, 0.6) is 23.0 Å². The molecule has 1 aliphatic carbocycles. The highest BCUT2D eigenvalue weighted by Gasteiger charge is 2.33. The van der Waals surface area contributed by atoms with Gasteiger partial charge in [-0.15, -0.1) is 0 Å². The third kappa shape index (κ3) is 6.09. The summed E-state index contributed by atoms with van der Waals surface area (Å²) < 4.78 is 18.2. The van der Waals surface area contributed by atoms with E-state index < -0.39 is 0 Å². The van der Waals surface area contributed by atoms with Crippen LogP contribution < -0.4 is 9.47 Å². The predicted octanol–water partition coefficient (Wildman–Crippen LogP) is 13.6. The molecule has 2 heterocycles. The Morgan fingerprint density at radius 3 is 1.11 bits per heavy atom. The lowest BCUT2D eigenvalue weighted by Gasteiger charge is -2.25. The zero-order chi connectivity index (χ0) is 41.2. The molecule has 6 heteroatoms. The Kier molecular flexibility index (Phi) is 8.81. The first-order valence-electron chi connectivity index (χ1n) is 21.1. The topological polar surface area (TPSA) is 68.8 Å². The summed E-state index contributed by atoms with van der Waals surface area (Å²) >= 11 is 0. The number of nitrogens with zero attached hydrogens (tertiary/aromatic N) is 2. The highest BCUT2D eigenvalue weighted by molar-refractivity contribution is 6.10. The minimum atomic E-state index is -0.239. The number of benzene rings is 8. The maximum atomic E-state index is 12.2. The number of aryl methyl sites for hydroxylation is 2. The van der Waals surface area contributed by atoms with Crippen LogP contribution in [0.15, 0.2) is 170 Å². The van der Waals surface area contributed by atoms with Crippen molar-refractivity contribution in [3.63, 3.8) is 0 Å². The Morgan fingerprint density at radius 1 is 0.410 bits per heavy atom. The molecule has 0 bridgehead atoms. The second-order valence-corrected chi connectivity index (χ2v) is 16.3. The van der Waals surface area contributed by atoms with Crippen LogP contribution in [-0.4, -0.2) is 31.6 Å². The molecule has 2 aromatic heterocycles. The van der Waals surface area contributed by atoms with E-state index >= 15 is 0 Å². The van der Waals surface area contributed by atoms with Gasteiger partial charge in [-0.2, -0.15) is 0 Å². The minimum Gasteiger partial charge on any atom is -0.505 e. The molecule has 61 heavy (non-hydrogen) atoms. The summed E-state index contributed by atoms with van der Waals surface area (Å²) in [5.74, 6) is 1.77. The van der Waals surface area contributed by atoms with E-state index in [9.17, 15) is 10.2 Å². The number of para-hydroxylation sites is 6. The van der Waals surface area contributed by atoms with Gasteiger partial charge in [0.05, 0.1) is 33.4 Å². The largest absolute Gasteiger partial charge is 0.505 e. The van der Waals surface area contributed by atoms with Gasteiger partial charge in [0.1, 0.15) is 35.2 Å². The number of ether oxygens (including phenoxy) is 2. The third-order valence-corrected chi connectivity index (χ3v) is 12.4. The van der Waals surface area contributed by atoms with Crippen LogP contribution in [0.1, 0.15) is 30.4 Å². The normalized spacial score (nSPS) is 15.3. The number of phenolic OH excluding ortho intramolecular Hbond substituents is 2. The van der Waals surface area contributed by atoms with Gasteiger partial charge in [-0.1, -0.05) is 109 Å². The molecular weight excluding hydrogens is 753 g/mol. The number of hydrogen-bond donors (Lipinski definition) is 2. The molecule has 1 fully saturated rings. The van der Waals surface area contributed by atoms with Gasteiger partial charge in [-0.3, -0.25) is 0 Å². The molecule has 6 nitrogen and oxygen atoms in total. The maximum absolute atomic E-state index is 12.2. The van der Waals surface area contributed by atoms with Crippen molar-refractivity contribution >= 4 is 43.6 Å². The molecule has 0 aliphatic heterocycles. The Morgan fingerprint density at radius 2 is 0.738 bits per heavy atom. The molecule has 298 valence electrons. The fourth-order valence-electron chi connectivity index (χ4n) is 9.71. The lowest BCUT2D eigenvalue weighted by atomic mass is 9.99. The number of fused-ring (bicyclic) bond motifs is 6. The van der Waals surface area contributed by atoms with E-state index in [1.807, 2.05) is 84.9 Å². The highest BCUT2D eigenvalue weighted by Crippen LogP contribution is 2.46. The van der Waals surface area contributed by atoms with E-state index in [0.29, 0.717) is 22.6 Å². The summed E-state index contributed by atoms with van der Waals surface area (Å²) in [4.78, 5) is 0. The van der Waals surface area contributed by atoms with Crippen molar-refractivity contribution in [1.29, 1.82) is 0 Å². The van der Waals surface area contributed by atoms with Crippen molar-refractivity contribution in [2.45, 2.75) is 45.3 Å². The average Bonchev–Trinajstić information content (AvgIpc) is 3.97.